The Balaban J connectivity index is 2.02. The van der Waals surface area contributed by atoms with Crippen molar-refractivity contribution in [3.63, 3.8) is 0 Å². The number of aryl methyl sites for hydroxylation is 2. The van der Waals surface area contributed by atoms with E-state index in [2.05, 4.69) is 25.2 Å². The minimum atomic E-state index is -0.170. The van der Waals surface area contributed by atoms with E-state index in [9.17, 15) is 4.79 Å². The van der Waals surface area contributed by atoms with E-state index in [-0.39, 0.29) is 12.5 Å². The van der Waals surface area contributed by atoms with Gasteiger partial charge >= 0.3 is 0 Å². The molecular formula is C20H24ClNO2. The summed E-state index contributed by atoms with van der Waals surface area (Å²) in [4.78, 5) is 12.2. The maximum Gasteiger partial charge on any atom is 0.262 e. The van der Waals surface area contributed by atoms with Gasteiger partial charge in [0.05, 0.1) is 0 Å². The predicted molar refractivity (Wildman–Crippen MR) is 100 cm³/mol. The molecule has 0 unspecified atom stereocenters. The highest BCUT2D eigenvalue weighted by atomic mass is 35.5. The van der Waals surface area contributed by atoms with E-state index in [0.717, 1.165) is 33.8 Å². The molecule has 0 saturated heterocycles. The average molecular weight is 346 g/mol. The molecular weight excluding hydrogens is 322 g/mol. The molecule has 2 aromatic carbocycles. The third-order valence-electron chi connectivity index (χ3n) is 4.16. The highest BCUT2D eigenvalue weighted by Crippen LogP contribution is 2.27. The first kappa shape index (κ1) is 18.3. The van der Waals surface area contributed by atoms with Gasteiger partial charge in [0, 0.05) is 10.7 Å². The first-order valence-electron chi connectivity index (χ1n) is 8.20. The molecule has 0 heterocycles. The lowest BCUT2D eigenvalue weighted by molar-refractivity contribution is -0.118. The molecule has 1 N–H and O–H groups in total. The Morgan fingerprint density at radius 1 is 1.21 bits per heavy atom. The van der Waals surface area contributed by atoms with Crippen LogP contribution in [0.15, 0.2) is 36.4 Å². The van der Waals surface area contributed by atoms with Crippen molar-refractivity contribution in [2.75, 3.05) is 11.9 Å². The van der Waals surface area contributed by atoms with Gasteiger partial charge in [-0.2, -0.15) is 0 Å². The van der Waals surface area contributed by atoms with Crippen LogP contribution in [0.4, 0.5) is 5.69 Å². The summed E-state index contributed by atoms with van der Waals surface area (Å²) in [5.74, 6) is 0.875. The third kappa shape index (κ3) is 4.51. The van der Waals surface area contributed by atoms with Gasteiger partial charge in [-0.05, 0) is 61.1 Å². The lowest BCUT2D eigenvalue weighted by atomic mass is 9.97. The molecule has 24 heavy (non-hydrogen) atoms. The van der Waals surface area contributed by atoms with E-state index in [4.69, 9.17) is 16.3 Å². The first-order valence-corrected chi connectivity index (χ1v) is 8.58. The molecule has 0 aliphatic carbocycles. The summed E-state index contributed by atoms with van der Waals surface area (Å²) in [6, 6.07) is 11.6. The van der Waals surface area contributed by atoms with Gasteiger partial charge in [-0.25, -0.2) is 0 Å². The largest absolute Gasteiger partial charge is 0.484 e. The lowest BCUT2D eigenvalue weighted by Gasteiger charge is -2.16. The monoisotopic (exact) mass is 345 g/mol. The van der Waals surface area contributed by atoms with Crippen molar-refractivity contribution in [3.8, 4) is 5.75 Å². The maximum atomic E-state index is 12.2. The van der Waals surface area contributed by atoms with Crippen LogP contribution in [-0.2, 0) is 4.79 Å². The summed E-state index contributed by atoms with van der Waals surface area (Å²) >= 11 is 6.15. The van der Waals surface area contributed by atoms with Gasteiger partial charge in [-0.3, -0.25) is 4.79 Å². The van der Waals surface area contributed by atoms with Crippen LogP contribution in [0.25, 0.3) is 0 Å². The number of hydrogen-bond donors (Lipinski definition) is 1. The smallest absolute Gasteiger partial charge is 0.262 e. The Morgan fingerprint density at radius 3 is 2.46 bits per heavy atom. The average Bonchev–Trinajstić information content (AvgIpc) is 2.57. The molecule has 2 rings (SSSR count). The molecule has 0 radical (unpaired) electrons. The molecule has 0 spiro atoms. The summed E-state index contributed by atoms with van der Waals surface area (Å²) < 4.78 is 5.61. The number of anilines is 1. The standard InChI is InChI=1S/C20H24ClNO2/c1-5-13(2)17-8-6-7-9-18(17)22-19(23)12-24-16-10-14(3)20(21)15(4)11-16/h6-11,13H,5,12H2,1-4H3,(H,22,23)/t13-/m1/s1. The molecule has 1 amide bonds. The lowest BCUT2D eigenvalue weighted by Crippen LogP contribution is -2.21. The molecule has 1 atom stereocenters. The van der Waals surface area contributed by atoms with Gasteiger partial charge in [-0.15, -0.1) is 0 Å². The Morgan fingerprint density at radius 2 is 1.83 bits per heavy atom. The molecule has 0 aromatic heterocycles. The number of carbonyl (C=O) groups is 1. The molecule has 0 fully saturated rings. The highest BCUT2D eigenvalue weighted by Gasteiger charge is 2.12. The van der Waals surface area contributed by atoms with Gasteiger partial charge in [0.1, 0.15) is 5.75 Å². The Labute approximate surface area is 149 Å². The number of carbonyl (C=O) groups excluding carboxylic acids is 1. The SMILES string of the molecule is CC[C@@H](C)c1ccccc1NC(=O)COc1cc(C)c(Cl)c(C)c1. The van der Waals surface area contributed by atoms with E-state index < -0.39 is 0 Å². The molecule has 0 aliphatic rings. The van der Waals surface area contributed by atoms with E-state index in [0.29, 0.717) is 11.7 Å². The van der Waals surface area contributed by atoms with Crippen molar-refractivity contribution in [1.29, 1.82) is 0 Å². The number of nitrogens with one attached hydrogen (secondary N) is 1. The summed E-state index contributed by atoms with van der Waals surface area (Å²) in [7, 11) is 0. The Bertz CT molecular complexity index is 704. The molecule has 0 bridgehead atoms. The Hall–Kier alpha value is -2.00. The zero-order chi connectivity index (χ0) is 17.7. The van der Waals surface area contributed by atoms with Gasteiger partial charge in [0.2, 0.25) is 0 Å². The Kier molecular flexibility index (Phi) is 6.27. The van der Waals surface area contributed by atoms with Crippen molar-refractivity contribution in [2.45, 2.75) is 40.0 Å². The fourth-order valence-corrected chi connectivity index (χ4v) is 2.69. The number of hydrogen-bond acceptors (Lipinski definition) is 2. The van der Waals surface area contributed by atoms with Crippen LogP contribution in [0.5, 0.6) is 5.75 Å². The summed E-state index contributed by atoms with van der Waals surface area (Å²) in [6.07, 6.45) is 1.02. The molecule has 2 aromatic rings. The van der Waals surface area contributed by atoms with Crippen molar-refractivity contribution in [1.82, 2.24) is 0 Å². The van der Waals surface area contributed by atoms with Crippen LogP contribution in [0.2, 0.25) is 5.02 Å². The number of rotatable bonds is 6. The fourth-order valence-electron chi connectivity index (χ4n) is 2.59. The van der Waals surface area contributed by atoms with Gasteiger partial charge in [0.25, 0.3) is 5.91 Å². The second-order valence-electron chi connectivity index (χ2n) is 6.10. The summed E-state index contributed by atoms with van der Waals surface area (Å²) in [6.45, 7) is 8.10. The molecule has 3 nitrogen and oxygen atoms in total. The predicted octanol–water partition coefficient (Wildman–Crippen LogP) is 5.49. The van der Waals surface area contributed by atoms with E-state index in [1.54, 1.807) is 0 Å². The van der Waals surface area contributed by atoms with Crippen LogP contribution < -0.4 is 10.1 Å². The van der Waals surface area contributed by atoms with Crippen LogP contribution in [0.3, 0.4) is 0 Å². The van der Waals surface area contributed by atoms with Crippen LogP contribution in [0.1, 0.15) is 42.9 Å². The second-order valence-corrected chi connectivity index (χ2v) is 6.48. The zero-order valence-electron chi connectivity index (χ0n) is 14.7. The molecule has 128 valence electrons. The molecule has 4 heteroatoms. The highest BCUT2D eigenvalue weighted by molar-refractivity contribution is 6.32. The molecule has 0 aliphatic heterocycles. The van der Waals surface area contributed by atoms with Gasteiger partial charge in [-0.1, -0.05) is 43.6 Å². The van der Waals surface area contributed by atoms with Crippen molar-refractivity contribution < 1.29 is 9.53 Å². The maximum absolute atomic E-state index is 12.2. The number of benzene rings is 2. The minimum absolute atomic E-state index is 0.0324. The van der Waals surface area contributed by atoms with Crippen LogP contribution >= 0.6 is 11.6 Å². The van der Waals surface area contributed by atoms with Gasteiger partial charge in [0.15, 0.2) is 6.61 Å². The van der Waals surface area contributed by atoms with Crippen molar-refractivity contribution in [2.24, 2.45) is 0 Å². The minimum Gasteiger partial charge on any atom is -0.484 e. The summed E-state index contributed by atoms with van der Waals surface area (Å²) in [5.41, 5.74) is 3.87. The fraction of sp³-hybridized carbons (Fsp3) is 0.350. The van der Waals surface area contributed by atoms with Crippen LogP contribution in [-0.4, -0.2) is 12.5 Å². The second kappa shape index (κ2) is 8.20. The van der Waals surface area contributed by atoms with Crippen molar-refractivity contribution in [3.05, 3.63) is 58.1 Å². The van der Waals surface area contributed by atoms with Crippen LogP contribution in [0, 0.1) is 13.8 Å². The zero-order valence-corrected chi connectivity index (χ0v) is 15.4. The number of ether oxygens (including phenoxy) is 1. The first-order chi connectivity index (χ1) is 11.4. The van der Waals surface area contributed by atoms with E-state index >= 15 is 0 Å². The summed E-state index contributed by atoms with van der Waals surface area (Å²) in [5, 5.41) is 3.68. The topological polar surface area (TPSA) is 38.3 Å². The number of para-hydroxylation sites is 1. The third-order valence-corrected chi connectivity index (χ3v) is 4.75. The number of halogens is 1. The quantitative estimate of drug-likeness (QED) is 0.752. The van der Waals surface area contributed by atoms with Gasteiger partial charge < -0.3 is 10.1 Å². The molecule has 0 saturated carbocycles. The van der Waals surface area contributed by atoms with Crippen molar-refractivity contribution >= 4 is 23.2 Å². The van der Waals surface area contributed by atoms with E-state index in [1.807, 2.05) is 44.2 Å². The van der Waals surface area contributed by atoms with E-state index in [1.165, 1.54) is 0 Å². The number of amides is 1. The normalized spacial score (nSPS) is 11.9.